The summed E-state index contributed by atoms with van der Waals surface area (Å²) in [6, 6.07) is 0. The summed E-state index contributed by atoms with van der Waals surface area (Å²) in [5.41, 5.74) is 0. The Balaban J connectivity index is 2.15. The predicted molar refractivity (Wildman–Crippen MR) is 94.0 cm³/mol. The third-order valence-electron chi connectivity index (χ3n) is 4.71. The first kappa shape index (κ1) is 19.0. The summed E-state index contributed by atoms with van der Waals surface area (Å²) in [5.74, 6) is 0.822. The Morgan fingerprint density at radius 3 is 2.64 bits per heavy atom. The van der Waals surface area contributed by atoms with Gasteiger partial charge in [0.2, 0.25) is 0 Å². The minimum Gasteiger partial charge on any atom is -0.481 e. The fraction of sp³-hybridized carbons (Fsp3) is 0.750. The van der Waals surface area contributed by atoms with Gasteiger partial charge in [-0.05, 0) is 50.4 Å². The van der Waals surface area contributed by atoms with E-state index in [4.69, 9.17) is 5.11 Å². The topological polar surface area (TPSA) is 37.3 Å². The Morgan fingerprint density at radius 2 is 1.86 bits per heavy atom. The lowest BCUT2D eigenvalue weighted by Gasteiger charge is -2.14. The molecule has 0 aromatic rings. The van der Waals surface area contributed by atoms with Crippen LogP contribution in [-0.4, -0.2) is 11.1 Å². The Bertz CT molecular complexity index is 344. The first-order valence-corrected chi connectivity index (χ1v) is 9.27. The minimum absolute atomic E-state index is 0.253. The molecule has 0 heterocycles. The fourth-order valence-electron chi connectivity index (χ4n) is 3.34. The number of aliphatic carboxylic acids is 1. The van der Waals surface area contributed by atoms with Crippen molar-refractivity contribution in [2.75, 3.05) is 0 Å². The summed E-state index contributed by atoms with van der Waals surface area (Å²) in [4.78, 5) is 10.5. The summed E-state index contributed by atoms with van der Waals surface area (Å²) in [6.45, 7) is 2.26. The maximum atomic E-state index is 10.5. The van der Waals surface area contributed by atoms with Gasteiger partial charge in [-0.2, -0.15) is 0 Å². The number of carboxylic acid groups (broad SMARTS) is 1. The van der Waals surface area contributed by atoms with Crippen LogP contribution in [0.15, 0.2) is 24.3 Å². The van der Waals surface area contributed by atoms with Crippen molar-refractivity contribution >= 4 is 5.97 Å². The van der Waals surface area contributed by atoms with Gasteiger partial charge in [-0.25, -0.2) is 0 Å². The number of rotatable bonds is 12. The van der Waals surface area contributed by atoms with Gasteiger partial charge in [0, 0.05) is 6.42 Å². The van der Waals surface area contributed by atoms with Gasteiger partial charge in [0.05, 0.1) is 0 Å². The second kappa shape index (κ2) is 12.5. The predicted octanol–water partition coefficient (Wildman–Crippen LogP) is 6.13. The van der Waals surface area contributed by atoms with Crippen LogP contribution in [0.3, 0.4) is 0 Å². The van der Waals surface area contributed by atoms with Crippen molar-refractivity contribution in [2.24, 2.45) is 11.8 Å². The molecule has 0 saturated heterocycles. The summed E-state index contributed by atoms with van der Waals surface area (Å²) in [6.07, 6.45) is 23.2. The van der Waals surface area contributed by atoms with Crippen LogP contribution in [0.1, 0.15) is 84.0 Å². The van der Waals surface area contributed by atoms with Crippen molar-refractivity contribution in [1.82, 2.24) is 0 Å². The number of carbonyl (C=O) groups is 1. The van der Waals surface area contributed by atoms with Crippen molar-refractivity contribution in [3.63, 3.8) is 0 Å². The van der Waals surface area contributed by atoms with Crippen molar-refractivity contribution in [3.05, 3.63) is 24.3 Å². The van der Waals surface area contributed by atoms with Gasteiger partial charge in [0.1, 0.15) is 0 Å². The van der Waals surface area contributed by atoms with Crippen LogP contribution in [0.5, 0.6) is 0 Å². The van der Waals surface area contributed by atoms with Gasteiger partial charge in [-0.1, -0.05) is 63.3 Å². The molecule has 0 aliphatic heterocycles. The molecule has 2 nitrogen and oxygen atoms in total. The molecule has 0 radical (unpaired) electrons. The highest BCUT2D eigenvalue weighted by atomic mass is 16.4. The third-order valence-corrected chi connectivity index (χ3v) is 4.71. The highest BCUT2D eigenvalue weighted by Crippen LogP contribution is 2.35. The first-order valence-electron chi connectivity index (χ1n) is 9.27. The third kappa shape index (κ3) is 9.07. The van der Waals surface area contributed by atoms with E-state index in [1.54, 1.807) is 0 Å². The molecular formula is C20H34O2. The van der Waals surface area contributed by atoms with Gasteiger partial charge >= 0.3 is 5.97 Å². The summed E-state index contributed by atoms with van der Waals surface area (Å²) < 4.78 is 0. The molecule has 0 bridgehead atoms. The molecule has 1 saturated carbocycles. The molecule has 2 heteroatoms. The lowest BCUT2D eigenvalue weighted by atomic mass is 9.92. The van der Waals surface area contributed by atoms with E-state index in [-0.39, 0.29) is 6.42 Å². The van der Waals surface area contributed by atoms with Crippen LogP contribution in [-0.2, 0) is 4.79 Å². The standard InChI is InChI=1S/C20H34O2/c1-2-3-4-5-6-7-9-13-18-15-12-16-19(18)14-10-8-11-17-20(21)22/h8-10,13,18-19H,2-7,11-12,14-17H2,1H3,(H,21,22)/t18-,19-/m0/s1. The van der Waals surface area contributed by atoms with E-state index in [0.717, 1.165) is 18.3 Å². The molecule has 2 atom stereocenters. The highest BCUT2D eigenvalue weighted by molar-refractivity contribution is 5.66. The summed E-state index contributed by atoms with van der Waals surface area (Å²) in [5, 5.41) is 8.61. The molecule has 0 spiro atoms. The Morgan fingerprint density at radius 1 is 1.05 bits per heavy atom. The van der Waals surface area contributed by atoms with Crippen molar-refractivity contribution in [1.29, 1.82) is 0 Å². The second-order valence-electron chi connectivity index (χ2n) is 6.63. The van der Waals surface area contributed by atoms with E-state index in [1.807, 2.05) is 6.08 Å². The number of unbranched alkanes of at least 4 members (excludes halogenated alkanes) is 5. The van der Waals surface area contributed by atoms with Gasteiger partial charge in [0.25, 0.3) is 0 Å². The zero-order chi connectivity index (χ0) is 16.0. The van der Waals surface area contributed by atoms with Crippen molar-refractivity contribution in [2.45, 2.75) is 84.0 Å². The Hall–Kier alpha value is -1.05. The lowest BCUT2D eigenvalue weighted by molar-refractivity contribution is -0.136. The molecular weight excluding hydrogens is 272 g/mol. The minimum atomic E-state index is -0.703. The maximum Gasteiger partial charge on any atom is 0.303 e. The largest absolute Gasteiger partial charge is 0.481 e. The number of hydrogen-bond donors (Lipinski definition) is 1. The van der Waals surface area contributed by atoms with Crippen LogP contribution < -0.4 is 0 Å². The van der Waals surface area contributed by atoms with Crippen molar-refractivity contribution < 1.29 is 9.90 Å². The molecule has 22 heavy (non-hydrogen) atoms. The molecule has 1 N–H and O–H groups in total. The quantitative estimate of drug-likeness (QED) is 0.348. The van der Waals surface area contributed by atoms with Gasteiger partial charge in [-0.3, -0.25) is 4.79 Å². The summed E-state index contributed by atoms with van der Waals surface area (Å²) in [7, 11) is 0. The number of carboxylic acids is 1. The average molecular weight is 306 g/mol. The molecule has 1 aliphatic rings. The molecule has 0 unspecified atom stereocenters. The summed E-state index contributed by atoms with van der Waals surface area (Å²) >= 11 is 0. The average Bonchev–Trinajstić information content (AvgIpc) is 2.93. The fourth-order valence-corrected chi connectivity index (χ4v) is 3.34. The van der Waals surface area contributed by atoms with Gasteiger partial charge < -0.3 is 5.11 Å². The van der Waals surface area contributed by atoms with Gasteiger partial charge in [-0.15, -0.1) is 0 Å². The van der Waals surface area contributed by atoms with Crippen LogP contribution in [0, 0.1) is 11.8 Å². The monoisotopic (exact) mass is 306 g/mol. The normalized spacial score (nSPS) is 22.0. The molecule has 0 amide bonds. The zero-order valence-corrected chi connectivity index (χ0v) is 14.3. The molecule has 1 fully saturated rings. The van der Waals surface area contributed by atoms with E-state index in [1.165, 1.54) is 57.8 Å². The SMILES string of the molecule is CCCCCCCC=C[C@H]1CCC[C@@H]1CC=CCCC(=O)O. The molecule has 0 aromatic heterocycles. The molecule has 1 aliphatic carbocycles. The van der Waals surface area contributed by atoms with E-state index < -0.39 is 5.97 Å². The maximum absolute atomic E-state index is 10.5. The van der Waals surface area contributed by atoms with Crippen molar-refractivity contribution in [3.8, 4) is 0 Å². The van der Waals surface area contributed by atoms with E-state index in [0.29, 0.717) is 6.42 Å². The first-order chi connectivity index (χ1) is 10.7. The highest BCUT2D eigenvalue weighted by Gasteiger charge is 2.23. The zero-order valence-electron chi connectivity index (χ0n) is 14.3. The van der Waals surface area contributed by atoms with Crippen LogP contribution >= 0.6 is 0 Å². The van der Waals surface area contributed by atoms with Crippen LogP contribution in [0.25, 0.3) is 0 Å². The molecule has 126 valence electrons. The number of hydrogen-bond acceptors (Lipinski definition) is 1. The van der Waals surface area contributed by atoms with Crippen LogP contribution in [0.4, 0.5) is 0 Å². The number of allylic oxidation sites excluding steroid dienone is 4. The molecule has 0 aromatic carbocycles. The van der Waals surface area contributed by atoms with E-state index in [2.05, 4.69) is 25.2 Å². The van der Waals surface area contributed by atoms with E-state index in [9.17, 15) is 4.79 Å². The van der Waals surface area contributed by atoms with Gasteiger partial charge in [0.15, 0.2) is 0 Å². The van der Waals surface area contributed by atoms with E-state index >= 15 is 0 Å². The smallest absolute Gasteiger partial charge is 0.303 e. The second-order valence-corrected chi connectivity index (χ2v) is 6.63. The Kier molecular flexibility index (Phi) is 10.8. The molecule has 1 rings (SSSR count). The van der Waals surface area contributed by atoms with Crippen LogP contribution in [0.2, 0.25) is 0 Å². The Labute approximate surface area is 136 Å². The lowest BCUT2D eigenvalue weighted by Crippen LogP contribution is -2.03.